The van der Waals surface area contributed by atoms with Crippen LogP contribution >= 0.6 is 0 Å². The molecule has 1 N–H and O–H groups in total. The van der Waals surface area contributed by atoms with Gasteiger partial charge in [0.15, 0.2) is 0 Å². The van der Waals surface area contributed by atoms with Gasteiger partial charge in [-0.3, -0.25) is 0 Å². The maximum Gasteiger partial charge on any atom is 0.202 e. The number of nitrogens with one attached hydrogen (secondary N) is 1. The molecule has 5 nitrogen and oxygen atoms in total. The molecule has 0 aliphatic carbocycles. The first-order valence-electron chi connectivity index (χ1n) is 7.11. The van der Waals surface area contributed by atoms with Gasteiger partial charge >= 0.3 is 0 Å². The van der Waals surface area contributed by atoms with Crippen molar-refractivity contribution in [2.45, 2.75) is 45.7 Å². The number of anilines is 1. The average Bonchev–Trinajstić information content (AvgIpc) is 3.06. The first-order valence-corrected chi connectivity index (χ1v) is 7.11. The minimum Gasteiger partial charge on any atom is -0.356 e. The lowest BCUT2D eigenvalue weighted by Gasteiger charge is -2.09. The first-order chi connectivity index (χ1) is 9.40. The number of hydrogen-bond donors (Lipinski definition) is 1. The van der Waals surface area contributed by atoms with E-state index >= 15 is 0 Å². The molecule has 0 saturated carbocycles. The zero-order valence-corrected chi connectivity index (χ0v) is 11.6. The molecule has 0 amide bonds. The molecule has 2 heterocycles. The van der Waals surface area contributed by atoms with Crippen LogP contribution in [0.3, 0.4) is 0 Å². The second-order valence-corrected chi connectivity index (χ2v) is 4.73. The number of aromatic nitrogens is 4. The molecule has 0 aliphatic rings. The first kappa shape index (κ1) is 13.6. The van der Waals surface area contributed by atoms with Crippen LogP contribution in [0.5, 0.6) is 0 Å². The summed E-state index contributed by atoms with van der Waals surface area (Å²) in [6, 6.07) is 0. The van der Waals surface area contributed by atoms with Gasteiger partial charge in [0.1, 0.15) is 0 Å². The summed E-state index contributed by atoms with van der Waals surface area (Å²) in [5.74, 6) is 0.996. The number of imidazole rings is 2. The van der Waals surface area contributed by atoms with E-state index in [2.05, 4.69) is 31.3 Å². The van der Waals surface area contributed by atoms with Crippen LogP contribution in [0.25, 0.3) is 0 Å². The Bertz CT molecular complexity index is 446. The zero-order chi connectivity index (χ0) is 13.3. The monoisotopic (exact) mass is 261 g/mol. The molecule has 19 heavy (non-hydrogen) atoms. The second-order valence-electron chi connectivity index (χ2n) is 4.73. The highest BCUT2D eigenvalue weighted by Crippen LogP contribution is 2.07. The van der Waals surface area contributed by atoms with Crippen LogP contribution in [0.4, 0.5) is 5.95 Å². The van der Waals surface area contributed by atoms with E-state index < -0.39 is 0 Å². The van der Waals surface area contributed by atoms with Crippen molar-refractivity contribution in [2.75, 3.05) is 11.9 Å². The fourth-order valence-corrected chi connectivity index (χ4v) is 2.03. The van der Waals surface area contributed by atoms with Crippen molar-refractivity contribution in [2.24, 2.45) is 0 Å². The van der Waals surface area contributed by atoms with Gasteiger partial charge in [-0.15, -0.1) is 0 Å². The Kier molecular flexibility index (Phi) is 5.47. The standard InChI is InChI=1S/C14H23N5/c1-2-3-6-16-14-17-8-12-19(14)10-5-4-9-18-11-7-15-13-18/h7-8,11-13H,2-6,9-10H2,1H3,(H,16,17). The minimum absolute atomic E-state index is 0.996. The number of unbranched alkanes of at least 4 members (excludes halogenated alkanes) is 2. The molecule has 0 radical (unpaired) electrons. The third kappa shape index (κ3) is 4.43. The van der Waals surface area contributed by atoms with Crippen LogP contribution in [-0.4, -0.2) is 25.6 Å². The number of hydrogen-bond acceptors (Lipinski definition) is 3. The van der Waals surface area contributed by atoms with Crippen molar-refractivity contribution in [3.8, 4) is 0 Å². The van der Waals surface area contributed by atoms with Crippen molar-refractivity contribution in [3.05, 3.63) is 31.1 Å². The van der Waals surface area contributed by atoms with Crippen LogP contribution in [0.2, 0.25) is 0 Å². The lowest BCUT2D eigenvalue weighted by atomic mass is 10.3. The van der Waals surface area contributed by atoms with Gasteiger partial charge in [-0.2, -0.15) is 0 Å². The predicted molar refractivity (Wildman–Crippen MR) is 77.1 cm³/mol. The normalized spacial score (nSPS) is 10.8. The molecule has 0 bridgehead atoms. The Morgan fingerprint density at radius 3 is 2.79 bits per heavy atom. The molecule has 0 spiro atoms. The largest absolute Gasteiger partial charge is 0.356 e. The Morgan fingerprint density at radius 1 is 1.11 bits per heavy atom. The highest BCUT2D eigenvalue weighted by molar-refractivity contribution is 5.25. The summed E-state index contributed by atoms with van der Waals surface area (Å²) >= 11 is 0. The Labute approximate surface area is 114 Å². The molecule has 0 saturated heterocycles. The molecule has 2 aromatic heterocycles. The fourth-order valence-electron chi connectivity index (χ4n) is 2.03. The quantitative estimate of drug-likeness (QED) is 0.706. The maximum atomic E-state index is 4.35. The summed E-state index contributed by atoms with van der Waals surface area (Å²) in [6.07, 6.45) is 14.3. The molecular weight excluding hydrogens is 238 g/mol. The van der Waals surface area contributed by atoms with Crippen LogP contribution in [-0.2, 0) is 13.1 Å². The third-order valence-corrected chi connectivity index (χ3v) is 3.15. The van der Waals surface area contributed by atoms with Crippen LogP contribution in [0.15, 0.2) is 31.1 Å². The Hall–Kier alpha value is -1.78. The summed E-state index contributed by atoms with van der Waals surface area (Å²) in [5, 5.41) is 3.39. The van der Waals surface area contributed by atoms with E-state index in [1.165, 1.54) is 12.8 Å². The summed E-state index contributed by atoms with van der Waals surface area (Å²) < 4.78 is 4.32. The molecule has 0 fully saturated rings. The molecular formula is C14H23N5. The van der Waals surface area contributed by atoms with E-state index in [4.69, 9.17) is 0 Å². The van der Waals surface area contributed by atoms with E-state index in [-0.39, 0.29) is 0 Å². The minimum atomic E-state index is 0.996. The van der Waals surface area contributed by atoms with Crippen LogP contribution in [0, 0.1) is 0 Å². The van der Waals surface area contributed by atoms with Crippen molar-refractivity contribution >= 4 is 5.95 Å². The maximum absolute atomic E-state index is 4.35. The Balaban J connectivity index is 1.69. The van der Waals surface area contributed by atoms with Crippen molar-refractivity contribution in [1.82, 2.24) is 19.1 Å². The lowest BCUT2D eigenvalue weighted by Crippen LogP contribution is -2.09. The third-order valence-electron chi connectivity index (χ3n) is 3.15. The smallest absolute Gasteiger partial charge is 0.202 e. The second kappa shape index (κ2) is 7.61. The van der Waals surface area contributed by atoms with Gasteiger partial charge in [0, 0.05) is 44.4 Å². The van der Waals surface area contributed by atoms with Gasteiger partial charge in [0.2, 0.25) is 5.95 Å². The van der Waals surface area contributed by atoms with Gasteiger partial charge in [0.25, 0.3) is 0 Å². The van der Waals surface area contributed by atoms with E-state index in [9.17, 15) is 0 Å². The molecule has 2 aromatic rings. The SMILES string of the molecule is CCCCNc1nccn1CCCCn1ccnc1. The zero-order valence-electron chi connectivity index (χ0n) is 11.6. The molecule has 0 atom stereocenters. The topological polar surface area (TPSA) is 47.7 Å². The van der Waals surface area contributed by atoms with Gasteiger partial charge in [-0.1, -0.05) is 13.3 Å². The molecule has 104 valence electrons. The molecule has 0 aromatic carbocycles. The summed E-state index contributed by atoms with van der Waals surface area (Å²) in [6.45, 7) is 5.25. The molecule has 0 aliphatic heterocycles. The van der Waals surface area contributed by atoms with E-state index in [1.807, 2.05) is 31.1 Å². The average molecular weight is 261 g/mol. The summed E-state index contributed by atoms with van der Waals surface area (Å²) in [7, 11) is 0. The van der Waals surface area contributed by atoms with Gasteiger partial charge < -0.3 is 14.5 Å². The molecule has 2 rings (SSSR count). The van der Waals surface area contributed by atoms with Crippen molar-refractivity contribution in [1.29, 1.82) is 0 Å². The van der Waals surface area contributed by atoms with Crippen molar-refractivity contribution < 1.29 is 0 Å². The highest BCUT2D eigenvalue weighted by atomic mass is 15.2. The van der Waals surface area contributed by atoms with Crippen LogP contribution in [0.1, 0.15) is 32.6 Å². The lowest BCUT2D eigenvalue weighted by molar-refractivity contribution is 0.554. The van der Waals surface area contributed by atoms with Crippen LogP contribution < -0.4 is 5.32 Å². The van der Waals surface area contributed by atoms with Gasteiger partial charge in [-0.05, 0) is 19.3 Å². The highest BCUT2D eigenvalue weighted by Gasteiger charge is 2.01. The molecule has 5 heteroatoms. The summed E-state index contributed by atoms with van der Waals surface area (Å²) in [5.41, 5.74) is 0. The molecule has 0 unspecified atom stereocenters. The predicted octanol–water partition coefficient (Wildman–Crippen LogP) is 2.77. The van der Waals surface area contributed by atoms with Gasteiger partial charge in [0.05, 0.1) is 6.33 Å². The fraction of sp³-hybridized carbons (Fsp3) is 0.571. The van der Waals surface area contributed by atoms with E-state index in [1.54, 1.807) is 0 Å². The van der Waals surface area contributed by atoms with E-state index in [0.717, 1.165) is 38.4 Å². The van der Waals surface area contributed by atoms with Gasteiger partial charge in [-0.25, -0.2) is 9.97 Å². The van der Waals surface area contributed by atoms with E-state index in [0.29, 0.717) is 0 Å². The summed E-state index contributed by atoms with van der Waals surface area (Å²) in [4.78, 5) is 8.40. The number of rotatable bonds is 9. The number of aryl methyl sites for hydroxylation is 2. The Morgan fingerprint density at radius 2 is 2.00 bits per heavy atom. The van der Waals surface area contributed by atoms with Crippen molar-refractivity contribution in [3.63, 3.8) is 0 Å². The number of nitrogens with zero attached hydrogens (tertiary/aromatic N) is 4.